The Morgan fingerprint density at radius 2 is 2.00 bits per heavy atom. The highest BCUT2D eigenvalue weighted by molar-refractivity contribution is 7.90. The Kier molecular flexibility index (Phi) is 3.43. The summed E-state index contributed by atoms with van der Waals surface area (Å²) in [5, 5.41) is 0. The molecule has 6 heteroatoms. The van der Waals surface area contributed by atoms with Crippen LogP contribution in [0.25, 0.3) is 0 Å². The second kappa shape index (κ2) is 4.41. The predicted molar refractivity (Wildman–Crippen MR) is 54.2 cm³/mol. The normalized spacial score (nSPS) is 11.1. The van der Waals surface area contributed by atoms with Gasteiger partial charge >= 0.3 is 5.97 Å². The summed E-state index contributed by atoms with van der Waals surface area (Å²) in [5.74, 6) is -0.665. The van der Waals surface area contributed by atoms with Crippen LogP contribution in [0.3, 0.4) is 0 Å². The van der Waals surface area contributed by atoms with Gasteiger partial charge in [0.1, 0.15) is 10.6 Å². The fourth-order valence-corrected chi connectivity index (χ4v) is 1.81. The van der Waals surface area contributed by atoms with Crippen LogP contribution in [0, 0.1) is 0 Å². The number of benzene rings is 1. The van der Waals surface area contributed by atoms with E-state index in [0.29, 0.717) is 0 Å². The molecule has 5 nitrogen and oxygen atoms in total. The van der Waals surface area contributed by atoms with Crippen molar-refractivity contribution in [3.8, 4) is 5.75 Å². The zero-order valence-corrected chi connectivity index (χ0v) is 8.95. The maximum Gasteiger partial charge on any atom is 0.325 e. The van der Waals surface area contributed by atoms with Crippen molar-refractivity contribution in [2.24, 2.45) is 5.73 Å². The van der Waals surface area contributed by atoms with Crippen molar-refractivity contribution < 1.29 is 17.9 Å². The number of nitrogens with two attached hydrogens (primary N) is 1. The smallest absolute Gasteiger partial charge is 0.325 e. The van der Waals surface area contributed by atoms with E-state index in [1.165, 1.54) is 12.1 Å². The quantitative estimate of drug-likeness (QED) is 0.580. The first kappa shape index (κ1) is 11.7. The lowest BCUT2D eigenvalue weighted by molar-refractivity contribution is -0.132. The Morgan fingerprint density at radius 1 is 1.40 bits per heavy atom. The van der Waals surface area contributed by atoms with Gasteiger partial charge < -0.3 is 10.5 Å². The lowest BCUT2D eigenvalue weighted by atomic mass is 10.3. The maximum absolute atomic E-state index is 11.3. The molecule has 0 radical (unpaired) electrons. The molecule has 0 saturated carbocycles. The summed E-state index contributed by atoms with van der Waals surface area (Å²) < 4.78 is 27.4. The predicted octanol–water partition coefficient (Wildman–Crippen LogP) is -0.0458. The van der Waals surface area contributed by atoms with E-state index < -0.39 is 15.8 Å². The molecule has 0 amide bonds. The first-order valence-electron chi connectivity index (χ1n) is 4.15. The highest BCUT2D eigenvalue weighted by atomic mass is 32.2. The van der Waals surface area contributed by atoms with Crippen LogP contribution in [0.5, 0.6) is 5.75 Å². The fraction of sp³-hybridized carbons (Fsp3) is 0.222. The molecule has 1 aromatic carbocycles. The first-order valence-corrected chi connectivity index (χ1v) is 6.04. The van der Waals surface area contributed by atoms with Gasteiger partial charge in [0.05, 0.1) is 6.54 Å². The van der Waals surface area contributed by atoms with Gasteiger partial charge in [0.15, 0.2) is 9.84 Å². The SMILES string of the molecule is CS(=O)(=O)c1ccccc1OC(=O)CN. The van der Waals surface area contributed by atoms with Crippen molar-refractivity contribution in [3.05, 3.63) is 24.3 Å². The lowest BCUT2D eigenvalue weighted by Gasteiger charge is -2.06. The van der Waals surface area contributed by atoms with Crippen LogP contribution >= 0.6 is 0 Å². The van der Waals surface area contributed by atoms with Gasteiger partial charge in [-0.05, 0) is 12.1 Å². The van der Waals surface area contributed by atoms with Crippen LogP contribution in [0.15, 0.2) is 29.2 Å². The second-order valence-corrected chi connectivity index (χ2v) is 4.88. The van der Waals surface area contributed by atoms with E-state index in [9.17, 15) is 13.2 Å². The molecule has 0 bridgehead atoms. The van der Waals surface area contributed by atoms with Crippen molar-refractivity contribution in [3.63, 3.8) is 0 Å². The first-order chi connectivity index (χ1) is 6.95. The highest BCUT2D eigenvalue weighted by Gasteiger charge is 2.15. The van der Waals surface area contributed by atoms with Crippen LogP contribution in [0.2, 0.25) is 0 Å². The number of carbonyl (C=O) groups excluding carboxylic acids is 1. The van der Waals surface area contributed by atoms with E-state index in [0.717, 1.165) is 6.26 Å². The Bertz CT molecular complexity index is 467. The maximum atomic E-state index is 11.3. The minimum absolute atomic E-state index is 0.00968. The molecule has 0 atom stereocenters. The number of para-hydroxylation sites is 1. The molecule has 0 spiro atoms. The van der Waals surface area contributed by atoms with Crippen molar-refractivity contribution >= 4 is 15.8 Å². The van der Waals surface area contributed by atoms with Gasteiger partial charge in [0.25, 0.3) is 0 Å². The van der Waals surface area contributed by atoms with Gasteiger partial charge in [0, 0.05) is 6.26 Å². The van der Waals surface area contributed by atoms with Crippen LogP contribution in [-0.4, -0.2) is 27.2 Å². The Hall–Kier alpha value is -1.40. The molecule has 0 aliphatic rings. The molecule has 1 rings (SSSR count). The van der Waals surface area contributed by atoms with Crippen molar-refractivity contribution in [1.29, 1.82) is 0 Å². The van der Waals surface area contributed by atoms with E-state index in [-0.39, 0.29) is 17.2 Å². The molecular formula is C9H11NO4S. The van der Waals surface area contributed by atoms with Crippen molar-refractivity contribution in [2.45, 2.75) is 4.90 Å². The van der Waals surface area contributed by atoms with Gasteiger partial charge in [0.2, 0.25) is 0 Å². The minimum atomic E-state index is -3.41. The average Bonchev–Trinajstić information content (AvgIpc) is 2.17. The molecule has 0 aliphatic heterocycles. The Balaban J connectivity index is 3.13. The Labute approximate surface area is 87.8 Å². The van der Waals surface area contributed by atoms with Crippen molar-refractivity contribution in [1.82, 2.24) is 0 Å². The molecule has 0 aromatic heterocycles. The Morgan fingerprint density at radius 3 is 2.53 bits per heavy atom. The summed E-state index contributed by atoms with van der Waals surface area (Å²) in [7, 11) is -3.41. The zero-order chi connectivity index (χ0) is 11.5. The number of esters is 1. The van der Waals surface area contributed by atoms with Gasteiger partial charge in [-0.1, -0.05) is 12.1 Å². The van der Waals surface area contributed by atoms with Crippen LogP contribution in [0.4, 0.5) is 0 Å². The fourth-order valence-electron chi connectivity index (χ4n) is 1.01. The van der Waals surface area contributed by atoms with Crippen molar-refractivity contribution in [2.75, 3.05) is 12.8 Å². The molecule has 0 fully saturated rings. The van der Waals surface area contributed by atoms with Gasteiger partial charge in [-0.25, -0.2) is 8.42 Å². The summed E-state index contributed by atoms with van der Waals surface area (Å²) in [5.41, 5.74) is 5.06. The summed E-state index contributed by atoms with van der Waals surface area (Å²) in [6.07, 6.45) is 1.04. The monoisotopic (exact) mass is 229 g/mol. The largest absolute Gasteiger partial charge is 0.424 e. The van der Waals surface area contributed by atoms with E-state index in [2.05, 4.69) is 0 Å². The third-order valence-corrected chi connectivity index (χ3v) is 2.78. The molecular weight excluding hydrogens is 218 g/mol. The third kappa shape index (κ3) is 3.03. The van der Waals surface area contributed by atoms with E-state index in [4.69, 9.17) is 10.5 Å². The number of hydrogen-bond donors (Lipinski definition) is 1. The zero-order valence-electron chi connectivity index (χ0n) is 8.14. The number of sulfone groups is 1. The standard InChI is InChI=1S/C9H11NO4S/c1-15(12,13)8-5-3-2-4-7(8)14-9(11)6-10/h2-5H,6,10H2,1H3. The van der Waals surface area contributed by atoms with E-state index >= 15 is 0 Å². The van der Waals surface area contributed by atoms with Gasteiger partial charge in [-0.3, -0.25) is 4.79 Å². The summed E-state index contributed by atoms with van der Waals surface area (Å²) in [4.78, 5) is 10.9. The second-order valence-electron chi connectivity index (χ2n) is 2.90. The molecule has 15 heavy (non-hydrogen) atoms. The van der Waals surface area contributed by atoms with E-state index in [1.54, 1.807) is 12.1 Å². The van der Waals surface area contributed by atoms with Crippen LogP contribution in [-0.2, 0) is 14.6 Å². The topological polar surface area (TPSA) is 86.5 Å². The van der Waals surface area contributed by atoms with Crippen LogP contribution in [0.1, 0.15) is 0 Å². The molecule has 0 aliphatic carbocycles. The molecule has 0 saturated heterocycles. The number of carbonyl (C=O) groups is 1. The summed E-state index contributed by atoms with van der Waals surface area (Å²) in [6.45, 7) is -0.294. The van der Waals surface area contributed by atoms with Crippen LogP contribution < -0.4 is 10.5 Å². The highest BCUT2D eigenvalue weighted by Crippen LogP contribution is 2.22. The molecule has 2 N–H and O–H groups in total. The number of ether oxygens (including phenoxy) is 1. The number of hydrogen-bond acceptors (Lipinski definition) is 5. The summed E-state index contributed by atoms with van der Waals surface area (Å²) >= 11 is 0. The van der Waals surface area contributed by atoms with E-state index in [1.807, 2.05) is 0 Å². The molecule has 0 heterocycles. The van der Waals surface area contributed by atoms with Gasteiger partial charge in [-0.15, -0.1) is 0 Å². The molecule has 0 unspecified atom stereocenters. The summed E-state index contributed by atoms with van der Waals surface area (Å²) in [6, 6.07) is 5.91. The molecule has 1 aromatic rings. The average molecular weight is 229 g/mol. The number of rotatable bonds is 3. The molecule has 82 valence electrons. The third-order valence-electron chi connectivity index (χ3n) is 1.64. The minimum Gasteiger partial charge on any atom is -0.424 e. The lowest BCUT2D eigenvalue weighted by Crippen LogP contribution is -2.20. The van der Waals surface area contributed by atoms with Gasteiger partial charge in [-0.2, -0.15) is 0 Å².